The zero-order valence-corrected chi connectivity index (χ0v) is 23.8. The molecule has 0 aromatic heterocycles. The third-order valence-corrected chi connectivity index (χ3v) is 6.53. The first-order valence-electron chi connectivity index (χ1n) is 13.5. The van der Waals surface area contributed by atoms with Crippen LogP contribution in [0.5, 0.6) is 11.5 Å². The number of carbonyl (C=O) groups excluding carboxylic acids is 2. The van der Waals surface area contributed by atoms with Crippen LogP contribution in [-0.2, 0) is 28.9 Å². The van der Waals surface area contributed by atoms with Gasteiger partial charge in [-0.1, -0.05) is 38.1 Å². The van der Waals surface area contributed by atoms with Gasteiger partial charge in [0.25, 0.3) is 0 Å². The van der Waals surface area contributed by atoms with Crippen molar-refractivity contribution in [2.24, 2.45) is 0 Å². The molecule has 1 aliphatic heterocycles. The number of nitrogens with one attached hydrogen (secondary N) is 1. The van der Waals surface area contributed by atoms with Gasteiger partial charge in [0.1, 0.15) is 5.60 Å². The van der Waals surface area contributed by atoms with Crippen LogP contribution in [0.25, 0.3) is 0 Å². The second-order valence-electron chi connectivity index (χ2n) is 10.7. The molecule has 0 bridgehead atoms. The molecule has 1 saturated heterocycles. The Kier molecular flexibility index (Phi) is 10.6. The van der Waals surface area contributed by atoms with Crippen molar-refractivity contribution in [1.82, 2.24) is 9.80 Å². The van der Waals surface area contributed by atoms with Crippen LogP contribution in [-0.4, -0.2) is 67.3 Å². The minimum Gasteiger partial charge on any atom is -0.493 e. The van der Waals surface area contributed by atoms with Gasteiger partial charge in [0.15, 0.2) is 11.5 Å². The van der Waals surface area contributed by atoms with E-state index in [1.54, 1.807) is 33.9 Å². The highest BCUT2D eigenvalue weighted by atomic mass is 16.7. The van der Waals surface area contributed by atoms with Crippen LogP contribution < -0.4 is 14.8 Å². The van der Waals surface area contributed by atoms with E-state index in [0.717, 1.165) is 63.2 Å². The quantitative estimate of drug-likeness (QED) is 0.352. The van der Waals surface area contributed by atoms with Crippen molar-refractivity contribution in [2.75, 3.05) is 45.2 Å². The van der Waals surface area contributed by atoms with Crippen molar-refractivity contribution in [3.63, 3.8) is 0 Å². The highest BCUT2D eigenvalue weighted by Crippen LogP contribution is 2.29. The summed E-state index contributed by atoms with van der Waals surface area (Å²) in [6, 6.07) is 11.8. The largest absolute Gasteiger partial charge is 0.514 e. The van der Waals surface area contributed by atoms with E-state index in [2.05, 4.69) is 47.2 Å². The second-order valence-corrected chi connectivity index (χ2v) is 10.7. The molecule has 3 rings (SSSR count). The lowest BCUT2D eigenvalue weighted by molar-refractivity contribution is -0.117. The van der Waals surface area contributed by atoms with Gasteiger partial charge in [-0.15, -0.1) is 0 Å². The van der Waals surface area contributed by atoms with Gasteiger partial charge in [-0.05, 0) is 81.9 Å². The van der Waals surface area contributed by atoms with E-state index in [9.17, 15) is 9.59 Å². The molecular weight excluding hydrogens is 482 g/mol. The molecule has 1 N–H and O–H groups in total. The average Bonchev–Trinajstić information content (AvgIpc) is 3.08. The lowest BCUT2D eigenvalue weighted by atomic mass is 10.0. The monoisotopic (exact) mass is 525 g/mol. The Morgan fingerprint density at radius 2 is 1.58 bits per heavy atom. The Bertz CT molecular complexity index is 1070. The number of methoxy groups -OCH3 is 1. The van der Waals surface area contributed by atoms with Crippen molar-refractivity contribution < 1.29 is 23.8 Å². The average molecular weight is 526 g/mol. The molecule has 0 unspecified atom stereocenters. The van der Waals surface area contributed by atoms with E-state index in [-0.39, 0.29) is 5.91 Å². The predicted octanol–water partition coefficient (Wildman–Crippen LogP) is 5.28. The first-order valence-corrected chi connectivity index (χ1v) is 13.5. The molecule has 1 fully saturated rings. The zero-order chi connectivity index (χ0) is 27.7. The molecule has 1 aliphatic rings. The summed E-state index contributed by atoms with van der Waals surface area (Å²) in [5, 5.41) is 3.19. The molecule has 8 heteroatoms. The Hall–Kier alpha value is -3.10. The Morgan fingerprint density at radius 1 is 0.921 bits per heavy atom. The summed E-state index contributed by atoms with van der Waals surface area (Å²) < 4.78 is 16.1. The molecule has 1 amide bonds. The molecule has 0 saturated carbocycles. The number of benzene rings is 2. The summed E-state index contributed by atoms with van der Waals surface area (Å²) >= 11 is 0. The fourth-order valence-electron chi connectivity index (χ4n) is 4.64. The van der Waals surface area contributed by atoms with Crippen molar-refractivity contribution in [3.8, 4) is 11.5 Å². The van der Waals surface area contributed by atoms with Gasteiger partial charge in [-0.2, -0.15) is 0 Å². The standard InChI is InChI=1S/C30H43N3O5/c1-7-23-11-9-12-24(8-2)28(23)31-27(34)21-33-16-10-15-32(17-18-33)20-22-13-14-25(26(19-22)36-6)37-29(35)38-30(3,4)5/h9,11-14,19H,7-8,10,15-18,20-21H2,1-6H3,(H,31,34). The lowest BCUT2D eigenvalue weighted by Gasteiger charge is -2.22. The number of hydrogen-bond acceptors (Lipinski definition) is 7. The van der Waals surface area contributed by atoms with Gasteiger partial charge in [0.2, 0.25) is 5.91 Å². The summed E-state index contributed by atoms with van der Waals surface area (Å²) in [5.41, 5.74) is 3.76. The van der Waals surface area contributed by atoms with Crippen molar-refractivity contribution >= 4 is 17.7 Å². The molecule has 0 spiro atoms. The SMILES string of the molecule is CCc1cccc(CC)c1NC(=O)CN1CCCN(Cc2ccc(OC(=O)OC(C)(C)C)c(OC)c2)CC1. The molecular formula is C30H43N3O5. The summed E-state index contributed by atoms with van der Waals surface area (Å²) in [6.07, 6.45) is 2.00. The number of aryl methyl sites for hydroxylation is 2. The van der Waals surface area contributed by atoms with Crippen LogP contribution in [0.4, 0.5) is 10.5 Å². The Morgan fingerprint density at radius 3 is 2.21 bits per heavy atom. The Labute approximate surface area is 227 Å². The van der Waals surface area contributed by atoms with E-state index < -0.39 is 11.8 Å². The van der Waals surface area contributed by atoms with E-state index in [1.165, 1.54) is 11.1 Å². The third-order valence-electron chi connectivity index (χ3n) is 6.53. The van der Waals surface area contributed by atoms with Gasteiger partial charge in [-0.3, -0.25) is 14.6 Å². The predicted molar refractivity (Wildman–Crippen MR) is 150 cm³/mol. The molecule has 0 aliphatic carbocycles. The maximum Gasteiger partial charge on any atom is 0.514 e. The zero-order valence-electron chi connectivity index (χ0n) is 23.8. The molecule has 8 nitrogen and oxygen atoms in total. The second kappa shape index (κ2) is 13.6. The van der Waals surface area contributed by atoms with Crippen LogP contribution in [0.2, 0.25) is 0 Å². The number of rotatable bonds is 9. The Balaban J connectivity index is 1.55. The van der Waals surface area contributed by atoms with Gasteiger partial charge >= 0.3 is 6.16 Å². The molecule has 2 aromatic carbocycles. The van der Waals surface area contributed by atoms with E-state index in [0.29, 0.717) is 18.0 Å². The molecule has 1 heterocycles. The minimum absolute atomic E-state index is 0.0411. The highest BCUT2D eigenvalue weighted by molar-refractivity contribution is 5.93. The van der Waals surface area contributed by atoms with Crippen molar-refractivity contribution in [3.05, 3.63) is 53.1 Å². The van der Waals surface area contributed by atoms with Gasteiger partial charge in [0, 0.05) is 25.3 Å². The molecule has 0 atom stereocenters. The van der Waals surface area contributed by atoms with E-state index in [1.807, 2.05) is 12.1 Å². The third kappa shape index (κ3) is 8.74. The number of amides is 1. The summed E-state index contributed by atoms with van der Waals surface area (Å²) in [7, 11) is 1.55. The minimum atomic E-state index is -0.760. The fraction of sp³-hybridized carbons (Fsp3) is 0.533. The molecule has 2 aromatic rings. The number of nitrogens with zero attached hydrogens (tertiary/aromatic N) is 2. The number of para-hydroxylation sites is 1. The van der Waals surface area contributed by atoms with Gasteiger partial charge in [-0.25, -0.2) is 4.79 Å². The van der Waals surface area contributed by atoms with Gasteiger partial charge < -0.3 is 19.5 Å². The van der Waals surface area contributed by atoms with Crippen molar-refractivity contribution in [2.45, 2.75) is 66.0 Å². The van der Waals surface area contributed by atoms with Crippen LogP contribution >= 0.6 is 0 Å². The van der Waals surface area contributed by atoms with Crippen molar-refractivity contribution in [1.29, 1.82) is 0 Å². The number of carbonyl (C=O) groups is 2. The van der Waals surface area contributed by atoms with Crippen LogP contribution in [0, 0.1) is 0 Å². The fourth-order valence-corrected chi connectivity index (χ4v) is 4.64. The van der Waals surface area contributed by atoms with E-state index in [4.69, 9.17) is 14.2 Å². The first kappa shape index (κ1) is 29.5. The molecule has 208 valence electrons. The first-order chi connectivity index (χ1) is 18.1. The maximum atomic E-state index is 12.9. The smallest absolute Gasteiger partial charge is 0.493 e. The topological polar surface area (TPSA) is 80.3 Å². The van der Waals surface area contributed by atoms with Crippen LogP contribution in [0.15, 0.2) is 36.4 Å². The number of hydrogen-bond donors (Lipinski definition) is 1. The number of ether oxygens (including phenoxy) is 3. The van der Waals surface area contributed by atoms with E-state index >= 15 is 0 Å². The van der Waals surface area contributed by atoms with Gasteiger partial charge in [0.05, 0.1) is 13.7 Å². The maximum absolute atomic E-state index is 12.9. The van der Waals surface area contributed by atoms with Crippen LogP contribution in [0.3, 0.4) is 0 Å². The number of anilines is 1. The molecule has 0 radical (unpaired) electrons. The normalized spacial score (nSPS) is 15.0. The summed E-state index contributed by atoms with van der Waals surface area (Å²) in [6.45, 7) is 14.2. The molecule has 38 heavy (non-hydrogen) atoms. The summed E-state index contributed by atoms with van der Waals surface area (Å²) in [4.78, 5) is 29.6. The lowest BCUT2D eigenvalue weighted by Crippen LogP contribution is -2.36. The highest BCUT2D eigenvalue weighted by Gasteiger charge is 2.21. The van der Waals surface area contributed by atoms with Crippen LogP contribution in [0.1, 0.15) is 57.7 Å². The summed E-state index contributed by atoms with van der Waals surface area (Å²) in [5.74, 6) is 0.856.